The number of carbonyl (C=O) groups excluding carboxylic acids is 1. The Labute approximate surface area is 144 Å². The van der Waals surface area contributed by atoms with E-state index in [-0.39, 0.29) is 5.91 Å². The number of rotatable bonds is 12. The van der Waals surface area contributed by atoms with Gasteiger partial charge in [0, 0.05) is 19.3 Å². The van der Waals surface area contributed by atoms with E-state index in [1.54, 1.807) is 18.3 Å². The first-order valence-electron chi connectivity index (χ1n) is 8.67. The zero-order valence-corrected chi connectivity index (χ0v) is 15.3. The van der Waals surface area contributed by atoms with Crippen LogP contribution < -0.4 is 10.1 Å². The Balaban J connectivity index is 2.58. The Kier molecular flexibility index (Phi) is 9.34. The SMILES string of the molecule is CCCO[C@@](C)(CCC)C(=O)Nc1ccc(OCCOCC)nc1. The molecule has 1 aromatic rings. The summed E-state index contributed by atoms with van der Waals surface area (Å²) in [7, 11) is 0. The normalized spacial score (nSPS) is 13.3. The Morgan fingerprint density at radius 1 is 1.17 bits per heavy atom. The van der Waals surface area contributed by atoms with Gasteiger partial charge < -0.3 is 19.5 Å². The van der Waals surface area contributed by atoms with Gasteiger partial charge in [-0.15, -0.1) is 0 Å². The quantitative estimate of drug-likeness (QED) is 0.591. The fourth-order valence-electron chi connectivity index (χ4n) is 2.21. The number of hydrogen-bond acceptors (Lipinski definition) is 5. The standard InChI is InChI=1S/C18H30N2O4/c1-5-10-18(4,24-11-6-2)17(21)20-15-8-9-16(19-14-15)23-13-12-22-7-3/h8-9,14H,5-7,10-13H2,1-4H3,(H,20,21)/t18-/m0/s1. The van der Waals surface area contributed by atoms with Gasteiger partial charge in [-0.25, -0.2) is 4.98 Å². The lowest BCUT2D eigenvalue weighted by molar-refractivity contribution is -0.140. The third-order valence-electron chi connectivity index (χ3n) is 3.51. The van der Waals surface area contributed by atoms with Crippen LogP contribution in [0.5, 0.6) is 5.88 Å². The minimum absolute atomic E-state index is 0.149. The Morgan fingerprint density at radius 3 is 2.54 bits per heavy atom. The molecule has 0 radical (unpaired) electrons. The highest BCUT2D eigenvalue weighted by molar-refractivity contribution is 5.96. The maximum atomic E-state index is 12.5. The van der Waals surface area contributed by atoms with Gasteiger partial charge in [-0.05, 0) is 32.8 Å². The van der Waals surface area contributed by atoms with Crippen LogP contribution in [0.15, 0.2) is 18.3 Å². The molecule has 1 aromatic heterocycles. The van der Waals surface area contributed by atoms with E-state index in [1.807, 2.05) is 27.7 Å². The van der Waals surface area contributed by atoms with E-state index in [0.29, 0.717) is 44.4 Å². The average molecular weight is 338 g/mol. The van der Waals surface area contributed by atoms with Crippen LogP contribution in [0, 0.1) is 0 Å². The summed E-state index contributed by atoms with van der Waals surface area (Å²) in [6, 6.07) is 3.50. The first kappa shape index (κ1) is 20.4. The van der Waals surface area contributed by atoms with E-state index in [1.165, 1.54) is 0 Å². The molecular formula is C18H30N2O4. The van der Waals surface area contributed by atoms with Gasteiger partial charge in [0.2, 0.25) is 5.88 Å². The minimum Gasteiger partial charge on any atom is -0.475 e. The predicted molar refractivity (Wildman–Crippen MR) is 94.4 cm³/mol. The molecule has 0 fully saturated rings. The molecule has 0 spiro atoms. The Hall–Kier alpha value is -1.66. The van der Waals surface area contributed by atoms with Crippen LogP contribution >= 0.6 is 0 Å². The molecule has 0 saturated heterocycles. The summed E-state index contributed by atoms with van der Waals surface area (Å²) in [5.74, 6) is 0.357. The van der Waals surface area contributed by atoms with Crippen LogP contribution in [0.4, 0.5) is 5.69 Å². The van der Waals surface area contributed by atoms with E-state index in [9.17, 15) is 4.79 Å². The first-order chi connectivity index (χ1) is 11.6. The number of anilines is 1. The lowest BCUT2D eigenvalue weighted by atomic mass is 9.99. The summed E-state index contributed by atoms with van der Waals surface area (Å²) < 4.78 is 16.4. The number of carbonyl (C=O) groups is 1. The Bertz CT molecular complexity index is 478. The van der Waals surface area contributed by atoms with Gasteiger partial charge in [0.1, 0.15) is 12.2 Å². The van der Waals surface area contributed by atoms with Gasteiger partial charge >= 0.3 is 0 Å². The molecule has 1 rings (SSSR count). The number of nitrogens with zero attached hydrogens (tertiary/aromatic N) is 1. The summed E-state index contributed by atoms with van der Waals surface area (Å²) in [4.78, 5) is 16.7. The van der Waals surface area contributed by atoms with Crippen LogP contribution in [-0.4, -0.2) is 42.9 Å². The number of hydrogen-bond donors (Lipinski definition) is 1. The fraction of sp³-hybridized carbons (Fsp3) is 0.667. The number of nitrogens with one attached hydrogen (secondary N) is 1. The zero-order valence-electron chi connectivity index (χ0n) is 15.3. The van der Waals surface area contributed by atoms with Gasteiger partial charge in [-0.1, -0.05) is 20.3 Å². The molecule has 6 heteroatoms. The maximum absolute atomic E-state index is 12.5. The topological polar surface area (TPSA) is 69.7 Å². The first-order valence-corrected chi connectivity index (χ1v) is 8.67. The van der Waals surface area contributed by atoms with Gasteiger partial charge in [-0.2, -0.15) is 0 Å². The second kappa shape index (κ2) is 11.0. The van der Waals surface area contributed by atoms with E-state index >= 15 is 0 Å². The van der Waals surface area contributed by atoms with Crippen molar-refractivity contribution in [1.29, 1.82) is 0 Å². The summed E-state index contributed by atoms with van der Waals surface area (Å²) in [5, 5.41) is 2.87. The molecule has 0 aliphatic carbocycles. The van der Waals surface area contributed by atoms with Crippen LogP contribution in [-0.2, 0) is 14.3 Å². The van der Waals surface area contributed by atoms with Crippen molar-refractivity contribution in [3.05, 3.63) is 18.3 Å². The third-order valence-corrected chi connectivity index (χ3v) is 3.51. The monoisotopic (exact) mass is 338 g/mol. The van der Waals surface area contributed by atoms with E-state index in [4.69, 9.17) is 14.2 Å². The highest BCUT2D eigenvalue weighted by Gasteiger charge is 2.33. The average Bonchev–Trinajstić information content (AvgIpc) is 2.58. The van der Waals surface area contributed by atoms with Crippen molar-refractivity contribution >= 4 is 11.6 Å². The van der Waals surface area contributed by atoms with Gasteiger partial charge in [-0.3, -0.25) is 4.79 Å². The van der Waals surface area contributed by atoms with Crippen LogP contribution in [0.2, 0.25) is 0 Å². The molecule has 1 N–H and O–H groups in total. The fourth-order valence-corrected chi connectivity index (χ4v) is 2.21. The lowest BCUT2D eigenvalue weighted by Crippen LogP contribution is -2.43. The second-order valence-corrected chi connectivity index (χ2v) is 5.71. The smallest absolute Gasteiger partial charge is 0.256 e. The van der Waals surface area contributed by atoms with Gasteiger partial charge in [0.15, 0.2) is 0 Å². The maximum Gasteiger partial charge on any atom is 0.256 e. The van der Waals surface area contributed by atoms with Crippen molar-refractivity contribution in [2.45, 2.75) is 52.6 Å². The van der Waals surface area contributed by atoms with Crippen LogP contribution in [0.3, 0.4) is 0 Å². The summed E-state index contributed by atoms with van der Waals surface area (Å²) in [5.41, 5.74) is -0.197. The molecule has 1 atom stereocenters. The molecule has 24 heavy (non-hydrogen) atoms. The summed E-state index contributed by atoms with van der Waals surface area (Å²) >= 11 is 0. The molecule has 0 aliphatic rings. The highest BCUT2D eigenvalue weighted by Crippen LogP contribution is 2.21. The number of amides is 1. The second-order valence-electron chi connectivity index (χ2n) is 5.71. The van der Waals surface area contributed by atoms with Crippen molar-refractivity contribution in [3.8, 4) is 5.88 Å². The van der Waals surface area contributed by atoms with Gasteiger partial charge in [0.05, 0.1) is 18.5 Å². The zero-order chi connectivity index (χ0) is 17.8. The van der Waals surface area contributed by atoms with Crippen molar-refractivity contribution in [1.82, 2.24) is 4.98 Å². The molecule has 0 aliphatic heterocycles. The predicted octanol–water partition coefficient (Wildman–Crippen LogP) is 3.42. The molecule has 0 saturated carbocycles. The highest BCUT2D eigenvalue weighted by atomic mass is 16.5. The molecule has 1 amide bonds. The molecule has 6 nitrogen and oxygen atoms in total. The van der Waals surface area contributed by atoms with E-state index in [2.05, 4.69) is 10.3 Å². The largest absolute Gasteiger partial charge is 0.475 e. The molecule has 1 heterocycles. The number of aromatic nitrogens is 1. The number of pyridine rings is 1. The minimum atomic E-state index is -0.822. The summed E-state index contributed by atoms with van der Waals surface area (Å²) in [6.45, 7) is 10.0. The molecular weight excluding hydrogens is 308 g/mol. The number of ether oxygens (including phenoxy) is 3. The summed E-state index contributed by atoms with van der Waals surface area (Å²) in [6.07, 6.45) is 4.01. The molecule has 136 valence electrons. The third kappa shape index (κ3) is 6.84. The van der Waals surface area contributed by atoms with Crippen molar-refractivity contribution in [2.24, 2.45) is 0 Å². The van der Waals surface area contributed by atoms with Crippen molar-refractivity contribution in [2.75, 3.05) is 31.7 Å². The van der Waals surface area contributed by atoms with Crippen molar-refractivity contribution in [3.63, 3.8) is 0 Å². The van der Waals surface area contributed by atoms with Gasteiger partial charge in [0.25, 0.3) is 5.91 Å². The molecule has 0 aromatic carbocycles. The lowest BCUT2D eigenvalue weighted by Gasteiger charge is -2.28. The molecule has 0 unspecified atom stereocenters. The van der Waals surface area contributed by atoms with Crippen LogP contribution in [0.1, 0.15) is 47.0 Å². The van der Waals surface area contributed by atoms with Crippen molar-refractivity contribution < 1.29 is 19.0 Å². The van der Waals surface area contributed by atoms with E-state index in [0.717, 1.165) is 12.8 Å². The van der Waals surface area contributed by atoms with Crippen LogP contribution in [0.25, 0.3) is 0 Å². The van der Waals surface area contributed by atoms with E-state index < -0.39 is 5.60 Å². The molecule has 0 bridgehead atoms. The Morgan fingerprint density at radius 2 is 1.96 bits per heavy atom.